The van der Waals surface area contributed by atoms with Crippen LogP contribution in [0.2, 0.25) is 0 Å². The van der Waals surface area contributed by atoms with E-state index in [4.69, 9.17) is 0 Å². The summed E-state index contributed by atoms with van der Waals surface area (Å²) in [5.74, 6) is 0. The molecule has 0 unspecified atom stereocenters. The lowest BCUT2D eigenvalue weighted by Crippen LogP contribution is -1.96. The Hall–Kier alpha value is -6.64. The Morgan fingerprint density at radius 3 is 1.26 bits per heavy atom. The van der Waals surface area contributed by atoms with Crippen LogP contribution in [0.4, 0.5) is 0 Å². The molecule has 0 amide bonds. The second-order valence-electron chi connectivity index (χ2n) is 13.0. The summed E-state index contributed by atoms with van der Waals surface area (Å²) in [6.45, 7) is 0. The Balaban J connectivity index is 1.23. The number of hydrogen-bond acceptors (Lipinski definition) is 0. The molecule has 0 radical (unpaired) electrons. The minimum Gasteiger partial charge on any atom is -0.309 e. The maximum absolute atomic E-state index is 2.43. The lowest BCUT2D eigenvalue weighted by molar-refractivity contribution is 1.18. The number of fused-ring (bicyclic) bond motifs is 6. The average Bonchev–Trinajstić information content (AvgIpc) is 3.71. The third-order valence-corrected chi connectivity index (χ3v) is 10.1. The van der Waals surface area contributed by atoms with Gasteiger partial charge in [-0.25, -0.2) is 0 Å². The molecule has 8 aromatic carbocycles. The van der Waals surface area contributed by atoms with E-state index in [-0.39, 0.29) is 0 Å². The van der Waals surface area contributed by atoms with Gasteiger partial charge in [-0.05, 0) is 100 Å². The summed E-state index contributed by atoms with van der Waals surface area (Å²) in [4.78, 5) is 0. The number of hydrogen-bond donors (Lipinski definition) is 0. The molecule has 0 aliphatic heterocycles. The molecule has 0 fully saturated rings. The molecular formula is C48H32N2. The summed E-state index contributed by atoms with van der Waals surface area (Å²) < 4.78 is 4.81. The van der Waals surface area contributed by atoms with Gasteiger partial charge < -0.3 is 9.13 Å². The highest BCUT2D eigenvalue weighted by Gasteiger charge is 2.17. The molecule has 0 N–H and O–H groups in total. The average molecular weight is 637 g/mol. The van der Waals surface area contributed by atoms with Crippen LogP contribution in [0.1, 0.15) is 0 Å². The molecule has 0 atom stereocenters. The summed E-state index contributed by atoms with van der Waals surface area (Å²) in [5.41, 5.74) is 14.3. The Morgan fingerprint density at radius 2 is 0.640 bits per heavy atom. The first-order valence-electron chi connectivity index (χ1n) is 17.2. The molecule has 10 aromatic rings. The predicted octanol–water partition coefficient (Wildman–Crippen LogP) is 12.9. The van der Waals surface area contributed by atoms with Crippen LogP contribution in [0.5, 0.6) is 0 Å². The number of rotatable bonds is 5. The monoisotopic (exact) mass is 636 g/mol. The maximum atomic E-state index is 2.43. The fourth-order valence-corrected chi connectivity index (χ4v) is 7.79. The van der Waals surface area contributed by atoms with Crippen LogP contribution >= 0.6 is 0 Å². The van der Waals surface area contributed by atoms with Crippen LogP contribution in [-0.4, -0.2) is 9.13 Å². The van der Waals surface area contributed by atoms with Gasteiger partial charge in [0.15, 0.2) is 0 Å². The quantitative estimate of drug-likeness (QED) is 0.178. The molecule has 0 bridgehead atoms. The molecule has 0 saturated carbocycles. The summed E-state index contributed by atoms with van der Waals surface area (Å²) in [6, 6.07) is 70.5. The molecule has 10 rings (SSSR count). The van der Waals surface area contributed by atoms with E-state index in [0.717, 1.165) is 5.69 Å². The zero-order valence-corrected chi connectivity index (χ0v) is 27.4. The molecular weight excluding hydrogens is 605 g/mol. The maximum Gasteiger partial charge on any atom is 0.0541 e. The lowest BCUT2D eigenvalue weighted by Gasteiger charge is -2.15. The van der Waals surface area contributed by atoms with E-state index in [9.17, 15) is 0 Å². The van der Waals surface area contributed by atoms with Crippen molar-refractivity contribution in [3.05, 3.63) is 194 Å². The summed E-state index contributed by atoms with van der Waals surface area (Å²) >= 11 is 0. The van der Waals surface area contributed by atoms with Gasteiger partial charge in [-0.1, -0.05) is 127 Å². The van der Waals surface area contributed by atoms with Crippen molar-refractivity contribution in [2.75, 3.05) is 0 Å². The highest BCUT2D eigenvalue weighted by molar-refractivity contribution is 6.11. The van der Waals surface area contributed by atoms with Gasteiger partial charge in [0, 0.05) is 32.9 Å². The largest absolute Gasteiger partial charge is 0.309 e. The second-order valence-corrected chi connectivity index (χ2v) is 13.0. The zero-order valence-electron chi connectivity index (χ0n) is 27.4. The molecule has 0 aliphatic carbocycles. The molecule has 2 nitrogen and oxygen atoms in total. The van der Waals surface area contributed by atoms with Crippen LogP contribution in [0.25, 0.3) is 88.4 Å². The second kappa shape index (κ2) is 11.5. The van der Waals surface area contributed by atoms with Crippen molar-refractivity contribution in [2.24, 2.45) is 0 Å². The number of nitrogens with zero attached hydrogens (tertiary/aromatic N) is 2. The van der Waals surface area contributed by atoms with E-state index in [1.54, 1.807) is 0 Å². The summed E-state index contributed by atoms with van der Waals surface area (Å²) in [5, 5.41) is 5.02. The first-order chi connectivity index (χ1) is 24.8. The highest BCUT2D eigenvalue weighted by Crippen LogP contribution is 2.39. The zero-order chi connectivity index (χ0) is 33.0. The minimum absolute atomic E-state index is 1.15. The number of aromatic nitrogens is 2. The van der Waals surface area contributed by atoms with Crippen molar-refractivity contribution < 1.29 is 0 Å². The van der Waals surface area contributed by atoms with Crippen molar-refractivity contribution >= 4 is 43.6 Å². The van der Waals surface area contributed by atoms with Gasteiger partial charge in [0.2, 0.25) is 0 Å². The predicted molar refractivity (Wildman–Crippen MR) is 211 cm³/mol. The van der Waals surface area contributed by atoms with Crippen LogP contribution in [0.15, 0.2) is 194 Å². The third-order valence-electron chi connectivity index (χ3n) is 10.1. The number of benzene rings is 8. The van der Waals surface area contributed by atoms with Crippen molar-refractivity contribution in [1.82, 2.24) is 9.13 Å². The topological polar surface area (TPSA) is 9.86 Å². The molecule has 50 heavy (non-hydrogen) atoms. The van der Waals surface area contributed by atoms with Gasteiger partial charge in [0.1, 0.15) is 0 Å². The SMILES string of the molecule is c1ccc(-c2cccc(-c3cc(-c4ccc5c(c4)c4ccccc4n5-c4ccccc4)cc(-n4c5ccccc5c5ccccc54)c3)c2)cc1. The van der Waals surface area contributed by atoms with E-state index in [1.165, 1.54) is 82.7 Å². The smallest absolute Gasteiger partial charge is 0.0541 e. The lowest BCUT2D eigenvalue weighted by atomic mass is 9.95. The highest BCUT2D eigenvalue weighted by atomic mass is 15.0. The molecule has 2 heteroatoms. The molecule has 0 aliphatic rings. The molecule has 234 valence electrons. The standard InChI is InChI=1S/C48H32N2/c1-3-14-33(15-4-1)34-16-13-17-35(28-34)37-29-38(31-40(30-37)50-45-23-10-7-20-41(45)42-21-8-11-24-46(42)50)36-26-27-48-44(32-36)43-22-9-12-25-47(43)49(48)39-18-5-2-6-19-39/h1-32H. The first kappa shape index (κ1) is 28.4. The van der Waals surface area contributed by atoms with Gasteiger partial charge in [-0.3, -0.25) is 0 Å². The van der Waals surface area contributed by atoms with Crippen molar-refractivity contribution in [3.8, 4) is 44.8 Å². The van der Waals surface area contributed by atoms with Crippen molar-refractivity contribution in [2.45, 2.75) is 0 Å². The number of para-hydroxylation sites is 4. The molecule has 0 saturated heterocycles. The van der Waals surface area contributed by atoms with Crippen molar-refractivity contribution in [3.63, 3.8) is 0 Å². The third kappa shape index (κ3) is 4.57. The van der Waals surface area contributed by atoms with Gasteiger partial charge in [-0.2, -0.15) is 0 Å². The van der Waals surface area contributed by atoms with Crippen LogP contribution in [0.3, 0.4) is 0 Å². The van der Waals surface area contributed by atoms with Crippen molar-refractivity contribution in [1.29, 1.82) is 0 Å². The van der Waals surface area contributed by atoms with Gasteiger partial charge in [-0.15, -0.1) is 0 Å². The van der Waals surface area contributed by atoms with E-state index in [0.29, 0.717) is 0 Å². The van der Waals surface area contributed by atoms with E-state index >= 15 is 0 Å². The Morgan fingerprint density at radius 1 is 0.220 bits per heavy atom. The van der Waals surface area contributed by atoms with Gasteiger partial charge in [0.05, 0.1) is 22.1 Å². The Labute approximate surface area is 290 Å². The summed E-state index contributed by atoms with van der Waals surface area (Å²) in [7, 11) is 0. The first-order valence-corrected chi connectivity index (χ1v) is 17.2. The minimum atomic E-state index is 1.15. The van der Waals surface area contributed by atoms with Crippen LogP contribution in [0, 0.1) is 0 Å². The Kier molecular flexibility index (Phi) is 6.53. The van der Waals surface area contributed by atoms with E-state index in [2.05, 4.69) is 203 Å². The molecule has 2 aromatic heterocycles. The van der Waals surface area contributed by atoms with Crippen LogP contribution in [-0.2, 0) is 0 Å². The van der Waals surface area contributed by atoms with Crippen LogP contribution < -0.4 is 0 Å². The van der Waals surface area contributed by atoms with E-state index in [1.807, 2.05) is 0 Å². The summed E-state index contributed by atoms with van der Waals surface area (Å²) in [6.07, 6.45) is 0. The van der Waals surface area contributed by atoms with Gasteiger partial charge in [0.25, 0.3) is 0 Å². The normalized spacial score (nSPS) is 11.6. The van der Waals surface area contributed by atoms with Gasteiger partial charge >= 0.3 is 0 Å². The van der Waals surface area contributed by atoms with E-state index < -0.39 is 0 Å². The Bertz CT molecular complexity index is 2800. The molecule has 2 heterocycles. The fraction of sp³-hybridized carbons (Fsp3) is 0. The fourth-order valence-electron chi connectivity index (χ4n) is 7.79. The molecule has 0 spiro atoms.